The van der Waals surface area contributed by atoms with Crippen molar-refractivity contribution < 1.29 is 9.13 Å². The van der Waals surface area contributed by atoms with Gasteiger partial charge in [0.25, 0.3) is 0 Å². The minimum atomic E-state index is -0.366. The van der Waals surface area contributed by atoms with E-state index in [4.69, 9.17) is 4.74 Å². The molecule has 8 heteroatoms. The van der Waals surface area contributed by atoms with E-state index >= 15 is 0 Å². The summed E-state index contributed by atoms with van der Waals surface area (Å²) < 4.78 is 18.8. The minimum Gasteiger partial charge on any atom is -0.494 e. The number of nitrogens with one attached hydrogen (secondary N) is 1. The lowest BCUT2D eigenvalue weighted by atomic mass is 10.2. The van der Waals surface area contributed by atoms with Crippen LogP contribution in [0.5, 0.6) is 5.75 Å². The molecule has 2 aromatic rings. The average Bonchev–Trinajstić information content (AvgIpc) is 3.05. The molecule has 0 aliphatic rings. The van der Waals surface area contributed by atoms with Gasteiger partial charge in [0.2, 0.25) is 0 Å². The van der Waals surface area contributed by atoms with Crippen molar-refractivity contribution in [2.24, 2.45) is 4.99 Å². The zero-order valence-electron chi connectivity index (χ0n) is 15.2. The number of methoxy groups -OCH3 is 1. The molecule has 0 amide bonds. The van der Waals surface area contributed by atoms with Crippen LogP contribution in [0.15, 0.2) is 28.6 Å². The van der Waals surface area contributed by atoms with Crippen LogP contribution in [0, 0.1) is 5.82 Å². The van der Waals surface area contributed by atoms with Gasteiger partial charge in [-0.3, -0.25) is 4.99 Å². The molecule has 25 heavy (non-hydrogen) atoms. The number of anilines is 1. The van der Waals surface area contributed by atoms with Gasteiger partial charge in [0.15, 0.2) is 22.7 Å². The Morgan fingerprint density at radius 3 is 2.68 bits per heavy atom. The highest BCUT2D eigenvalue weighted by Crippen LogP contribution is 2.19. The average molecular weight is 365 g/mol. The maximum absolute atomic E-state index is 13.8. The van der Waals surface area contributed by atoms with E-state index in [-0.39, 0.29) is 11.6 Å². The van der Waals surface area contributed by atoms with Crippen LogP contribution in [0.1, 0.15) is 11.3 Å². The van der Waals surface area contributed by atoms with Crippen LogP contribution in [0.3, 0.4) is 0 Å². The van der Waals surface area contributed by atoms with Crippen molar-refractivity contribution >= 4 is 22.4 Å². The highest BCUT2D eigenvalue weighted by molar-refractivity contribution is 7.13. The summed E-state index contributed by atoms with van der Waals surface area (Å²) in [5.41, 5.74) is 1.80. The molecule has 1 aromatic carbocycles. The minimum absolute atomic E-state index is 0.245. The van der Waals surface area contributed by atoms with Gasteiger partial charge in [-0.05, 0) is 17.7 Å². The van der Waals surface area contributed by atoms with Crippen LogP contribution >= 0.6 is 11.3 Å². The number of aromatic nitrogens is 1. The number of hydrogen-bond acceptors (Lipinski definition) is 5. The van der Waals surface area contributed by atoms with Crippen LogP contribution in [0.4, 0.5) is 9.52 Å². The smallest absolute Gasteiger partial charge is 0.194 e. The number of guanidine groups is 1. The topological polar surface area (TPSA) is 53.0 Å². The van der Waals surface area contributed by atoms with E-state index in [0.29, 0.717) is 13.1 Å². The monoisotopic (exact) mass is 365 g/mol. The first-order valence-electron chi connectivity index (χ1n) is 7.80. The Labute approximate surface area is 152 Å². The summed E-state index contributed by atoms with van der Waals surface area (Å²) in [5, 5.41) is 6.27. The third-order valence-corrected chi connectivity index (χ3v) is 4.62. The van der Waals surface area contributed by atoms with Gasteiger partial charge in [-0.25, -0.2) is 9.37 Å². The van der Waals surface area contributed by atoms with E-state index in [1.165, 1.54) is 13.2 Å². The molecule has 0 spiro atoms. The lowest BCUT2D eigenvalue weighted by Crippen LogP contribution is -2.38. The Hall–Kier alpha value is -2.35. The first-order valence-corrected chi connectivity index (χ1v) is 8.68. The van der Waals surface area contributed by atoms with Crippen LogP contribution in [0.2, 0.25) is 0 Å². The van der Waals surface area contributed by atoms with Crippen LogP contribution < -0.4 is 15.0 Å². The molecule has 0 bridgehead atoms. The molecule has 136 valence electrons. The SMILES string of the molecule is CN=C(NCc1csc(N(C)C)n1)N(C)Cc1ccc(OC)c(F)c1. The van der Waals surface area contributed by atoms with Gasteiger partial charge in [0.05, 0.1) is 19.3 Å². The van der Waals surface area contributed by atoms with Crippen molar-refractivity contribution in [3.05, 3.63) is 40.7 Å². The summed E-state index contributed by atoms with van der Waals surface area (Å²) in [7, 11) is 9.02. The van der Waals surface area contributed by atoms with Gasteiger partial charge in [-0.1, -0.05) is 6.07 Å². The Kier molecular flexibility index (Phi) is 6.58. The number of thiazole rings is 1. The molecular formula is C17H24FN5OS. The van der Waals surface area contributed by atoms with E-state index in [1.807, 2.05) is 42.4 Å². The number of nitrogens with zero attached hydrogens (tertiary/aromatic N) is 4. The van der Waals surface area contributed by atoms with E-state index in [2.05, 4.69) is 15.3 Å². The number of ether oxygens (including phenoxy) is 1. The van der Waals surface area contributed by atoms with Gasteiger partial charge >= 0.3 is 0 Å². The second-order valence-corrected chi connectivity index (χ2v) is 6.58. The number of hydrogen-bond donors (Lipinski definition) is 1. The molecule has 0 fully saturated rings. The second-order valence-electron chi connectivity index (χ2n) is 5.74. The Morgan fingerprint density at radius 2 is 2.12 bits per heavy atom. The molecule has 1 heterocycles. The Balaban J connectivity index is 1.96. The Morgan fingerprint density at radius 1 is 1.36 bits per heavy atom. The fourth-order valence-electron chi connectivity index (χ4n) is 2.29. The third kappa shape index (κ3) is 5.06. The molecule has 2 rings (SSSR count). The number of aliphatic imine (C=N–C) groups is 1. The lowest BCUT2D eigenvalue weighted by Gasteiger charge is -2.22. The number of rotatable bonds is 6. The van der Waals surface area contributed by atoms with Gasteiger partial charge < -0.3 is 19.9 Å². The molecule has 0 aliphatic carbocycles. The fraction of sp³-hybridized carbons (Fsp3) is 0.412. The molecular weight excluding hydrogens is 341 g/mol. The summed E-state index contributed by atoms with van der Waals surface area (Å²) in [6, 6.07) is 4.95. The molecule has 1 N–H and O–H groups in total. The van der Waals surface area contributed by atoms with Crippen molar-refractivity contribution in [1.29, 1.82) is 0 Å². The molecule has 0 unspecified atom stereocenters. The summed E-state index contributed by atoms with van der Waals surface area (Å²) in [6.07, 6.45) is 0. The lowest BCUT2D eigenvalue weighted by molar-refractivity contribution is 0.385. The zero-order chi connectivity index (χ0) is 18.4. The second kappa shape index (κ2) is 8.66. The highest BCUT2D eigenvalue weighted by atomic mass is 32.1. The van der Waals surface area contributed by atoms with E-state index in [9.17, 15) is 4.39 Å². The molecule has 0 saturated heterocycles. The van der Waals surface area contributed by atoms with Gasteiger partial charge in [0.1, 0.15) is 0 Å². The van der Waals surface area contributed by atoms with Crippen molar-refractivity contribution in [1.82, 2.24) is 15.2 Å². The molecule has 6 nitrogen and oxygen atoms in total. The van der Waals surface area contributed by atoms with E-state index in [1.54, 1.807) is 24.5 Å². The molecule has 0 radical (unpaired) electrons. The standard InChI is InChI=1S/C17H24FN5OS/c1-19-16(20-9-13-11-25-17(21-13)22(2)3)23(4)10-12-6-7-15(24-5)14(18)8-12/h6-8,11H,9-10H2,1-5H3,(H,19,20). The quantitative estimate of drug-likeness (QED) is 0.630. The van der Waals surface area contributed by atoms with Crippen LogP contribution in [0.25, 0.3) is 0 Å². The zero-order valence-corrected chi connectivity index (χ0v) is 16.0. The van der Waals surface area contributed by atoms with Gasteiger partial charge in [0, 0.05) is 40.1 Å². The van der Waals surface area contributed by atoms with E-state index < -0.39 is 0 Å². The summed E-state index contributed by atoms with van der Waals surface area (Å²) in [6.45, 7) is 1.11. The normalized spacial score (nSPS) is 11.4. The molecule has 0 aliphatic heterocycles. The maximum atomic E-state index is 13.8. The predicted molar refractivity (Wildman–Crippen MR) is 101 cm³/mol. The van der Waals surface area contributed by atoms with Crippen LogP contribution in [-0.2, 0) is 13.1 Å². The van der Waals surface area contributed by atoms with Gasteiger partial charge in [-0.15, -0.1) is 11.3 Å². The maximum Gasteiger partial charge on any atom is 0.194 e. The molecule has 0 atom stereocenters. The number of benzene rings is 1. The van der Waals surface area contributed by atoms with Crippen molar-refractivity contribution in [2.45, 2.75) is 13.1 Å². The first-order chi connectivity index (χ1) is 11.9. The van der Waals surface area contributed by atoms with Crippen molar-refractivity contribution in [3.63, 3.8) is 0 Å². The largest absolute Gasteiger partial charge is 0.494 e. The summed E-state index contributed by atoms with van der Waals surface area (Å²) in [4.78, 5) is 12.7. The summed E-state index contributed by atoms with van der Waals surface area (Å²) in [5.74, 6) is 0.597. The van der Waals surface area contributed by atoms with Crippen LogP contribution in [-0.4, -0.2) is 51.1 Å². The fourth-order valence-corrected chi connectivity index (χ4v) is 3.05. The first kappa shape index (κ1) is 19.0. The molecule has 1 aromatic heterocycles. The summed E-state index contributed by atoms with van der Waals surface area (Å²) >= 11 is 1.60. The van der Waals surface area contributed by atoms with Gasteiger partial charge in [-0.2, -0.15) is 0 Å². The number of halogens is 1. The third-order valence-electron chi connectivity index (χ3n) is 3.56. The highest BCUT2D eigenvalue weighted by Gasteiger charge is 2.10. The van der Waals surface area contributed by atoms with Crippen molar-refractivity contribution in [3.8, 4) is 5.75 Å². The Bertz CT molecular complexity index is 732. The van der Waals surface area contributed by atoms with Crippen molar-refractivity contribution in [2.75, 3.05) is 40.2 Å². The molecule has 0 saturated carbocycles. The van der Waals surface area contributed by atoms with E-state index in [0.717, 1.165) is 22.3 Å². The predicted octanol–water partition coefficient (Wildman–Crippen LogP) is 2.56.